The number of nitrogens with zero attached hydrogens (tertiary/aromatic N) is 2. The number of aliphatic hydroxyl groups excluding tert-OH is 1. The van der Waals surface area contributed by atoms with Gasteiger partial charge in [0.05, 0.1) is 24.2 Å². The first kappa shape index (κ1) is 43.0. The molecule has 55 heavy (non-hydrogen) atoms. The van der Waals surface area contributed by atoms with Crippen LogP contribution >= 0.6 is 0 Å². The van der Waals surface area contributed by atoms with Gasteiger partial charge in [0.1, 0.15) is 17.7 Å². The van der Waals surface area contributed by atoms with Crippen LogP contribution in [0.25, 0.3) is 0 Å². The average Bonchev–Trinajstić information content (AvgIpc) is 3.67. The van der Waals surface area contributed by atoms with Crippen molar-refractivity contribution in [1.29, 1.82) is 0 Å². The lowest BCUT2D eigenvalue weighted by molar-refractivity contribution is -0.148. The number of H-pyrrole nitrogens is 1. The van der Waals surface area contributed by atoms with Crippen molar-refractivity contribution in [2.45, 2.75) is 115 Å². The molecule has 4 rings (SSSR count). The van der Waals surface area contributed by atoms with Crippen LogP contribution in [0, 0.1) is 11.8 Å². The molecule has 0 aliphatic heterocycles. The van der Waals surface area contributed by atoms with E-state index in [0.29, 0.717) is 31.6 Å². The maximum absolute atomic E-state index is 15.3. The minimum atomic E-state index is -1.24. The summed E-state index contributed by atoms with van der Waals surface area (Å²) in [6.07, 6.45) is 6.79. The Kier molecular flexibility index (Phi) is 16.7. The summed E-state index contributed by atoms with van der Waals surface area (Å²) >= 11 is 0. The molecule has 0 unspecified atom stereocenters. The highest BCUT2D eigenvalue weighted by molar-refractivity contribution is 5.91. The summed E-state index contributed by atoms with van der Waals surface area (Å²) in [7, 11) is 1.81. The molecule has 1 saturated carbocycles. The van der Waals surface area contributed by atoms with Gasteiger partial charge in [-0.05, 0) is 64.1 Å². The molecule has 7 N–H and O–H groups in total. The van der Waals surface area contributed by atoms with Gasteiger partial charge in [-0.25, -0.2) is 9.78 Å². The Bertz CT molecular complexity index is 1610. The summed E-state index contributed by atoms with van der Waals surface area (Å²) < 4.78 is 5.61. The SMILES string of the molecule is CNCCNC(=O)[C@H](Cc1ccccc1)C[C@H](O)[C@H](CC1CCCCC1)N(C(=O)[C@H](Cc1ccccc1)NC(=O)OC(C)(C)C)[C@@H](Cc1c[nH]cn1)C(N)=O. The minimum absolute atomic E-state index is 0.0121. The topological polar surface area (TPSA) is 192 Å². The monoisotopic (exact) mass is 759 g/mol. The largest absolute Gasteiger partial charge is 0.444 e. The molecule has 5 atom stereocenters. The maximum atomic E-state index is 15.3. The van der Waals surface area contributed by atoms with Crippen molar-refractivity contribution in [2.24, 2.45) is 17.6 Å². The van der Waals surface area contributed by atoms with Crippen LogP contribution in [0.2, 0.25) is 0 Å². The fourth-order valence-corrected chi connectivity index (χ4v) is 7.47. The van der Waals surface area contributed by atoms with Crippen molar-refractivity contribution in [1.82, 2.24) is 30.8 Å². The molecule has 0 bridgehead atoms. The van der Waals surface area contributed by atoms with Crippen molar-refractivity contribution in [3.63, 3.8) is 0 Å². The van der Waals surface area contributed by atoms with Crippen LogP contribution in [-0.4, -0.2) is 93.8 Å². The fourth-order valence-electron chi connectivity index (χ4n) is 7.47. The van der Waals surface area contributed by atoms with E-state index < -0.39 is 53.7 Å². The molecule has 1 aliphatic rings. The van der Waals surface area contributed by atoms with Crippen LogP contribution in [0.1, 0.15) is 82.5 Å². The number of alkyl carbamates (subject to hydrolysis) is 1. The first-order valence-electron chi connectivity index (χ1n) is 19.6. The number of amides is 4. The van der Waals surface area contributed by atoms with Crippen molar-refractivity contribution in [2.75, 3.05) is 20.1 Å². The number of nitrogens with one attached hydrogen (secondary N) is 4. The number of hydrogen-bond acceptors (Lipinski definition) is 8. The molecule has 1 heterocycles. The van der Waals surface area contributed by atoms with Gasteiger partial charge in [-0.1, -0.05) is 92.8 Å². The van der Waals surface area contributed by atoms with Gasteiger partial charge in [0.25, 0.3) is 0 Å². The predicted molar refractivity (Wildman–Crippen MR) is 212 cm³/mol. The van der Waals surface area contributed by atoms with E-state index in [0.717, 1.165) is 43.2 Å². The number of primary amides is 1. The molecule has 13 heteroatoms. The number of aliphatic hydroxyl groups is 1. The summed E-state index contributed by atoms with van der Waals surface area (Å²) in [5, 5.41) is 21.4. The molecule has 4 amide bonds. The second-order valence-corrected chi connectivity index (χ2v) is 15.7. The number of aromatic nitrogens is 2. The first-order valence-corrected chi connectivity index (χ1v) is 19.6. The van der Waals surface area contributed by atoms with Crippen LogP contribution in [0.4, 0.5) is 4.79 Å². The third kappa shape index (κ3) is 14.1. The van der Waals surface area contributed by atoms with Gasteiger partial charge in [-0.2, -0.15) is 0 Å². The number of carbonyl (C=O) groups is 4. The lowest BCUT2D eigenvalue weighted by Gasteiger charge is -2.43. The third-order valence-corrected chi connectivity index (χ3v) is 10.1. The molecule has 1 fully saturated rings. The summed E-state index contributed by atoms with van der Waals surface area (Å²) in [6, 6.07) is 15.5. The Morgan fingerprint density at radius 3 is 2.15 bits per heavy atom. The normalized spacial score (nSPS) is 16.2. The van der Waals surface area contributed by atoms with Crippen molar-refractivity contribution >= 4 is 23.8 Å². The fraction of sp³-hybridized carbons (Fsp3) is 0.548. The Morgan fingerprint density at radius 1 is 0.945 bits per heavy atom. The highest BCUT2D eigenvalue weighted by atomic mass is 16.6. The van der Waals surface area contributed by atoms with Crippen molar-refractivity contribution in [3.8, 4) is 0 Å². The smallest absolute Gasteiger partial charge is 0.408 e. The first-order chi connectivity index (χ1) is 26.3. The van der Waals surface area contributed by atoms with Crippen molar-refractivity contribution < 1.29 is 29.0 Å². The van der Waals surface area contributed by atoms with E-state index >= 15 is 4.79 Å². The lowest BCUT2D eigenvalue weighted by atomic mass is 9.80. The highest BCUT2D eigenvalue weighted by Gasteiger charge is 2.43. The molecule has 0 spiro atoms. The minimum Gasteiger partial charge on any atom is -0.444 e. The van der Waals surface area contributed by atoms with Crippen molar-refractivity contribution in [3.05, 3.63) is 90.0 Å². The predicted octanol–water partition coefficient (Wildman–Crippen LogP) is 4.06. The van der Waals surface area contributed by atoms with E-state index in [1.165, 1.54) is 11.2 Å². The molecule has 1 aliphatic carbocycles. The molecule has 3 aromatic rings. The van der Waals surface area contributed by atoms with Gasteiger partial charge in [0.2, 0.25) is 17.7 Å². The van der Waals surface area contributed by atoms with Crippen LogP contribution in [0.15, 0.2) is 73.2 Å². The molecule has 0 saturated heterocycles. The molecule has 1 aromatic heterocycles. The number of rotatable bonds is 20. The number of nitrogens with two attached hydrogens (primary N) is 1. The molecular weight excluding hydrogens is 699 g/mol. The van der Waals surface area contributed by atoms with Crippen LogP contribution < -0.4 is 21.7 Å². The van der Waals surface area contributed by atoms with Gasteiger partial charge in [0, 0.05) is 38.0 Å². The second-order valence-electron chi connectivity index (χ2n) is 15.7. The Labute approximate surface area is 325 Å². The molecule has 2 aromatic carbocycles. The number of ether oxygens (including phenoxy) is 1. The number of likely N-dealkylation sites (N-methyl/N-ethyl adjacent to an activating group) is 1. The zero-order valence-corrected chi connectivity index (χ0v) is 32.8. The van der Waals surface area contributed by atoms with E-state index in [9.17, 15) is 19.5 Å². The zero-order chi connectivity index (χ0) is 39.8. The van der Waals surface area contributed by atoms with E-state index in [1.807, 2.05) is 60.7 Å². The van der Waals surface area contributed by atoms with E-state index in [-0.39, 0.29) is 31.1 Å². The molecule has 300 valence electrons. The number of carbonyl (C=O) groups excluding carboxylic acids is 4. The molecule has 13 nitrogen and oxygen atoms in total. The summed E-state index contributed by atoms with van der Waals surface area (Å²) in [4.78, 5) is 64.8. The van der Waals surface area contributed by atoms with Gasteiger partial charge in [-0.15, -0.1) is 0 Å². The summed E-state index contributed by atoms with van der Waals surface area (Å²) in [5.74, 6) is -2.10. The lowest BCUT2D eigenvalue weighted by Crippen LogP contribution is -2.62. The van der Waals surface area contributed by atoms with E-state index in [4.69, 9.17) is 10.5 Å². The Balaban J connectivity index is 1.81. The number of aromatic amines is 1. The quantitative estimate of drug-likeness (QED) is 0.0930. The van der Waals surface area contributed by atoms with Crippen LogP contribution in [0.5, 0.6) is 0 Å². The van der Waals surface area contributed by atoms with Crippen LogP contribution in [0.3, 0.4) is 0 Å². The van der Waals surface area contributed by atoms with Gasteiger partial charge in [-0.3, -0.25) is 14.4 Å². The zero-order valence-electron chi connectivity index (χ0n) is 32.8. The Morgan fingerprint density at radius 2 is 1.58 bits per heavy atom. The molecular formula is C42H61N7O6. The summed E-state index contributed by atoms with van der Waals surface area (Å²) in [6.45, 7) is 6.17. The third-order valence-electron chi connectivity index (χ3n) is 10.1. The van der Waals surface area contributed by atoms with E-state index in [2.05, 4.69) is 25.9 Å². The van der Waals surface area contributed by atoms with Gasteiger partial charge < -0.3 is 41.4 Å². The van der Waals surface area contributed by atoms with Crippen LogP contribution in [-0.2, 0) is 38.4 Å². The number of hydrogen-bond donors (Lipinski definition) is 6. The average molecular weight is 760 g/mol. The number of imidazole rings is 1. The van der Waals surface area contributed by atoms with Gasteiger partial charge in [0.15, 0.2) is 0 Å². The maximum Gasteiger partial charge on any atom is 0.408 e. The van der Waals surface area contributed by atoms with Gasteiger partial charge >= 0.3 is 6.09 Å². The standard InChI is InChI=1S/C42H61N7O6/c1-42(2,3)55-41(54)48-34(23-30-16-10-6-11-17-30)40(53)49(36(38(43)51)26-33-27-45-28-47-33)35(24-31-18-12-7-13-19-31)37(50)25-32(39(52)46-21-20-44-4)22-29-14-8-5-9-15-29/h5-6,8-11,14-17,27-28,31-32,34-37,44,50H,7,12-13,18-26H2,1-4H3,(H2,43,51)(H,45,47)(H,46,52)(H,48,54)/t32-,34+,35+,36+,37+/m1/s1. The number of benzene rings is 2. The van der Waals surface area contributed by atoms with E-state index in [1.54, 1.807) is 34.0 Å². The Hall–Kier alpha value is -4.75. The summed E-state index contributed by atoms with van der Waals surface area (Å²) in [5.41, 5.74) is 7.54. The highest BCUT2D eigenvalue weighted by Crippen LogP contribution is 2.33. The molecule has 0 radical (unpaired) electrons. The second kappa shape index (κ2) is 21.4.